The number of rotatable bonds is 10. The summed E-state index contributed by atoms with van der Waals surface area (Å²) in [6, 6.07) is 20.5. The van der Waals surface area contributed by atoms with Gasteiger partial charge in [-0.25, -0.2) is 4.68 Å². The second-order valence-electron chi connectivity index (χ2n) is 9.40. The van der Waals surface area contributed by atoms with Crippen molar-refractivity contribution in [2.45, 2.75) is 52.1 Å². The zero-order chi connectivity index (χ0) is 23.3. The highest BCUT2D eigenvalue weighted by atomic mass is 16.5. The third kappa shape index (κ3) is 5.63. The first-order valence-corrected chi connectivity index (χ1v) is 12.1. The summed E-state index contributed by atoms with van der Waals surface area (Å²) in [7, 11) is 0. The van der Waals surface area contributed by atoms with Gasteiger partial charge in [0.1, 0.15) is 12.4 Å². The molecule has 0 atom stereocenters. The molecule has 1 fully saturated rings. The van der Waals surface area contributed by atoms with Crippen LogP contribution in [0.3, 0.4) is 0 Å². The van der Waals surface area contributed by atoms with E-state index in [9.17, 15) is 0 Å². The average molecular weight is 454 g/mol. The van der Waals surface area contributed by atoms with E-state index in [0.717, 1.165) is 47.0 Å². The highest BCUT2D eigenvalue weighted by molar-refractivity contribution is 5.67. The van der Waals surface area contributed by atoms with Crippen LogP contribution in [0, 0.1) is 5.92 Å². The minimum Gasteiger partial charge on any atom is -0.487 e. The lowest BCUT2D eigenvalue weighted by atomic mass is 10.1. The quantitative estimate of drug-likeness (QED) is 0.299. The van der Waals surface area contributed by atoms with Gasteiger partial charge in [-0.3, -0.25) is 4.98 Å². The number of nitrogens with zero attached hydrogens (tertiary/aromatic N) is 4. The maximum atomic E-state index is 6.02. The normalized spacial score (nSPS) is 13.3. The minimum absolute atomic E-state index is 0.469. The van der Waals surface area contributed by atoms with Gasteiger partial charge in [0.25, 0.3) is 0 Å². The van der Waals surface area contributed by atoms with E-state index in [2.05, 4.69) is 64.8 Å². The summed E-state index contributed by atoms with van der Waals surface area (Å²) in [5.74, 6) is 2.12. The van der Waals surface area contributed by atoms with Crippen molar-refractivity contribution in [1.82, 2.24) is 20.0 Å². The lowest BCUT2D eigenvalue weighted by Crippen LogP contribution is -2.01. The molecule has 0 saturated heterocycles. The molecule has 1 aliphatic carbocycles. The molecule has 0 spiro atoms. The van der Waals surface area contributed by atoms with Gasteiger partial charge in [0.2, 0.25) is 0 Å². The Hall–Kier alpha value is -3.67. The molecule has 1 N–H and O–H groups in total. The summed E-state index contributed by atoms with van der Waals surface area (Å²) < 4.78 is 7.88. The van der Waals surface area contributed by atoms with Crippen LogP contribution in [0.5, 0.6) is 5.75 Å². The smallest absolute Gasteiger partial charge is 0.130 e. The Labute approximate surface area is 201 Å². The van der Waals surface area contributed by atoms with Gasteiger partial charge in [-0.1, -0.05) is 31.2 Å². The average Bonchev–Trinajstić information content (AvgIpc) is 3.59. The van der Waals surface area contributed by atoms with Gasteiger partial charge in [0.05, 0.1) is 23.3 Å². The second kappa shape index (κ2) is 10.1. The fraction of sp³-hybridized carbons (Fsp3) is 0.321. The van der Waals surface area contributed by atoms with Crippen LogP contribution in [-0.2, 0) is 13.0 Å². The summed E-state index contributed by atoms with van der Waals surface area (Å²) in [5.41, 5.74) is 6.42. The van der Waals surface area contributed by atoms with E-state index in [1.54, 1.807) is 6.20 Å². The van der Waals surface area contributed by atoms with Crippen molar-refractivity contribution in [1.29, 1.82) is 0 Å². The maximum absolute atomic E-state index is 6.02. The van der Waals surface area contributed by atoms with E-state index in [1.807, 2.05) is 41.2 Å². The highest BCUT2D eigenvalue weighted by Crippen LogP contribution is 2.45. The number of benzene rings is 2. The van der Waals surface area contributed by atoms with Crippen LogP contribution in [0.4, 0.5) is 11.4 Å². The number of aromatic nitrogens is 4. The van der Waals surface area contributed by atoms with Crippen molar-refractivity contribution < 1.29 is 4.74 Å². The molecule has 0 unspecified atom stereocenters. The maximum Gasteiger partial charge on any atom is 0.130 e. The van der Waals surface area contributed by atoms with Gasteiger partial charge in [-0.2, -0.15) is 0 Å². The highest BCUT2D eigenvalue weighted by Gasteiger charge is 2.26. The third-order valence-corrected chi connectivity index (χ3v) is 6.06. The fourth-order valence-electron chi connectivity index (χ4n) is 3.97. The topological polar surface area (TPSA) is 64.9 Å². The van der Waals surface area contributed by atoms with Crippen molar-refractivity contribution >= 4 is 11.4 Å². The number of hydrogen-bond donors (Lipinski definition) is 1. The predicted molar refractivity (Wildman–Crippen MR) is 135 cm³/mol. The van der Waals surface area contributed by atoms with Gasteiger partial charge in [-0.05, 0) is 91.6 Å². The van der Waals surface area contributed by atoms with Crippen LogP contribution < -0.4 is 10.1 Å². The molecule has 1 aliphatic rings. The number of aryl methyl sites for hydroxylation is 1. The molecule has 2 aromatic carbocycles. The number of nitrogens with one attached hydrogen (secondary N) is 1. The summed E-state index contributed by atoms with van der Waals surface area (Å²) in [4.78, 5) is 4.34. The van der Waals surface area contributed by atoms with Crippen LogP contribution >= 0.6 is 0 Å². The van der Waals surface area contributed by atoms with E-state index in [-0.39, 0.29) is 0 Å². The van der Waals surface area contributed by atoms with E-state index in [1.165, 1.54) is 18.4 Å². The van der Waals surface area contributed by atoms with E-state index in [4.69, 9.17) is 4.74 Å². The molecule has 0 bridgehead atoms. The zero-order valence-electron chi connectivity index (χ0n) is 19.8. The molecule has 2 heterocycles. The Kier molecular flexibility index (Phi) is 6.56. The van der Waals surface area contributed by atoms with Gasteiger partial charge in [-0.15, -0.1) is 5.10 Å². The molecule has 4 aromatic rings. The first-order valence-electron chi connectivity index (χ1n) is 12.1. The van der Waals surface area contributed by atoms with Crippen molar-refractivity contribution in [3.05, 3.63) is 90.0 Å². The minimum atomic E-state index is 0.469. The monoisotopic (exact) mass is 453 g/mol. The molecule has 0 radical (unpaired) electrons. The fourth-order valence-corrected chi connectivity index (χ4v) is 3.97. The molecular weight excluding hydrogens is 422 g/mol. The Morgan fingerprint density at radius 2 is 1.94 bits per heavy atom. The van der Waals surface area contributed by atoms with Gasteiger partial charge in [0, 0.05) is 17.6 Å². The molecule has 6 heteroatoms. The van der Waals surface area contributed by atoms with E-state index < -0.39 is 0 Å². The summed E-state index contributed by atoms with van der Waals surface area (Å²) in [6.07, 6.45) is 8.33. The number of anilines is 2. The van der Waals surface area contributed by atoms with Crippen LogP contribution in [-0.4, -0.2) is 20.0 Å². The lowest BCUT2D eigenvalue weighted by Gasteiger charge is -2.15. The van der Waals surface area contributed by atoms with Crippen LogP contribution in [0.25, 0.3) is 5.69 Å². The molecular formula is C28H31N5O. The third-order valence-electron chi connectivity index (χ3n) is 6.06. The first kappa shape index (κ1) is 22.1. The second-order valence-corrected chi connectivity index (χ2v) is 9.40. The molecule has 0 aliphatic heterocycles. The summed E-state index contributed by atoms with van der Waals surface area (Å²) in [6.45, 7) is 4.93. The number of pyridine rings is 1. The van der Waals surface area contributed by atoms with Crippen LogP contribution in [0.15, 0.2) is 73.1 Å². The molecule has 2 aromatic heterocycles. The van der Waals surface area contributed by atoms with Crippen LogP contribution in [0.1, 0.15) is 56.0 Å². The lowest BCUT2D eigenvalue weighted by molar-refractivity contribution is 0.301. The molecule has 0 amide bonds. The van der Waals surface area contributed by atoms with E-state index >= 15 is 0 Å². The van der Waals surface area contributed by atoms with Gasteiger partial charge in [0.15, 0.2) is 0 Å². The van der Waals surface area contributed by atoms with Crippen molar-refractivity contribution in [3.8, 4) is 11.4 Å². The summed E-state index contributed by atoms with van der Waals surface area (Å²) >= 11 is 0. The Bertz CT molecular complexity index is 1230. The molecule has 6 nitrogen and oxygen atoms in total. The largest absolute Gasteiger partial charge is 0.487 e. The molecule has 34 heavy (non-hydrogen) atoms. The molecule has 5 rings (SSSR count). The standard InChI is InChI=1S/C28H31N5O/c1-20(2)9-12-23-18-33(32-31-23)25-8-5-7-22(16-25)30-28-14-13-26(17-27(28)21-10-11-21)34-19-24-6-3-4-15-29-24/h3-8,13-18,20-21,30H,9-12,19H2,1-2H3. The van der Waals surface area contributed by atoms with Crippen molar-refractivity contribution in [3.63, 3.8) is 0 Å². The predicted octanol–water partition coefficient (Wildman–Crippen LogP) is 6.45. The zero-order valence-corrected chi connectivity index (χ0v) is 19.8. The Morgan fingerprint density at radius 1 is 1.03 bits per heavy atom. The number of hydrogen-bond acceptors (Lipinski definition) is 5. The van der Waals surface area contributed by atoms with Gasteiger partial charge >= 0.3 is 0 Å². The Morgan fingerprint density at radius 3 is 2.74 bits per heavy atom. The van der Waals surface area contributed by atoms with Gasteiger partial charge < -0.3 is 10.1 Å². The number of ether oxygens (including phenoxy) is 1. The molecule has 174 valence electrons. The van der Waals surface area contributed by atoms with Crippen molar-refractivity contribution in [2.24, 2.45) is 5.92 Å². The SMILES string of the molecule is CC(C)CCc1cn(-c2cccc(Nc3ccc(OCc4ccccn4)cc3C3CC3)c2)nn1. The summed E-state index contributed by atoms with van der Waals surface area (Å²) in [5, 5.41) is 12.3. The van der Waals surface area contributed by atoms with Crippen molar-refractivity contribution in [2.75, 3.05) is 5.32 Å². The van der Waals surface area contributed by atoms with Crippen LogP contribution in [0.2, 0.25) is 0 Å². The Balaban J connectivity index is 1.30. The molecule has 1 saturated carbocycles. The van der Waals surface area contributed by atoms with E-state index in [0.29, 0.717) is 18.4 Å². The first-order chi connectivity index (χ1) is 16.6.